The van der Waals surface area contributed by atoms with Crippen molar-refractivity contribution in [3.63, 3.8) is 0 Å². The minimum absolute atomic E-state index is 0.338. The number of aliphatic carboxylic acids is 1. The van der Waals surface area contributed by atoms with Gasteiger partial charge in [0.2, 0.25) is 0 Å². The van der Waals surface area contributed by atoms with Crippen molar-refractivity contribution < 1.29 is 9.90 Å². The standard InChI is InChI=1S/C20H32O2/c1-2-3-4-5-6-7-8-9-10-14-17-19(20(21)22)18-15-12-11-13-16-18/h11-13,15-16,19H,2-10,14,17H2,1H3,(H,21,22). The van der Waals surface area contributed by atoms with Gasteiger partial charge in [-0.25, -0.2) is 0 Å². The summed E-state index contributed by atoms with van der Waals surface area (Å²) in [5.74, 6) is -1.03. The molecule has 1 rings (SSSR count). The summed E-state index contributed by atoms with van der Waals surface area (Å²) in [5.41, 5.74) is 0.936. The summed E-state index contributed by atoms with van der Waals surface area (Å²) < 4.78 is 0. The molecule has 0 fully saturated rings. The van der Waals surface area contributed by atoms with Crippen molar-refractivity contribution in [1.29, 1.82) is 0 Å². The molecule has 1 unspecified atom stereocenters. The van der Waals surface area contributed by atoms with Crippen molar-refractivity contribution in [2.45, 2.75) is 83.5 Å². The first kappa shape index (κ1) is 18.7. The van der Waals surface area contributed by atoms with Crippen molar-refractivity contribution in [2.75, 3.05) is 0 Å². The summed E-state index contributed by atoms with van der Waals surface area (Å²) in [6, 6.07) is 9.63. The number of hydrogen-bond acceptors (Lipinski definition) is 1. The third-order valence-corrected chi connectivity index (χ3v) is 4.35. The molecule has 0 heterocycles. The van der Waals surface area contributed by atoms with E-state index in [-0.39, 0.29) is 5.92 Å². The maximum Gasteiger partial charge on any atom is 0.310 e. The average Bonchev–Trinajstić information content (AvgIpc) is 2.53. The van der Waals surface area contributed by atoms with Gasteiger partial charge in [-0.15, -0.1) is 0 Å². The fraction of sp³-hybridized carbons (Fsp3) is 0.650. The summed E-state index contributed by atoms with van der Waals surface area (Å²) in [5, 5.41) is 9.37. The van der Waals surface area contributed by atoms with Gasteiger partial charge in [0.05, 0.1) is 5.92 Å². The second kappa shape index (κ2) is 12.3. The van der Waals surface area contributed by atoms with Crippen LogP contribution >= 0.6 is 0 Å². The van der Waals surface area contributed by atoms with Crippen LogP contribution in [0.15, 0.2) is 30.3 Å². The molecule has 22 heavy (non-hydrogen) atoms. The SMILES string of the molecule is CCCCCCCCCCCCC(C(=O)O)c1ccccc1. The summed E-state index contributed by atoms with van der Waals surface area (Å²) in [4.78, 5) is 11.4. The molecule has 0 radical (unpaired) electrons. The van der Waals surface area contributed by atoms with Gasteiger partial charge in [0.1, 0.15) is 0 Å². The molecule has 0 saturated carbocycles. The first-order valence-corrected chi connectivity index (χ1v) is 9.03. The van der Waals surface area contributed by atoms with Gasteiger partial charge in [-0.1, -0.05) is 101 Å². The molecule has 2 heteroatoms. The molecule has 0 amide bonds. The van der Waals surface area contributed by atoms with Gasteiger partial charge in [-0.2, -0.15) is 0 Å². The maximum atomic E-state index is 11.4. The van der Waals surface area contributed by atoms with Crippen LogP contribution in [-0.2, 0) is 4.79 Å². The molecule has 2 nitrogen and oxygen atoms in total. The molecule has 1 aromatic carbocycles. The lowest BCUT2D eigenvalue weighted by Gasteiger charge is -2.12. The molecule has 0 aliphatic rings. The highest BCUT2D eigenvalue weighted by Gasteiger charge is 2.18. The van der Waals surface area contributed by atoms with Crippen LogP contribution in [0.3, 0.4) is 0 Å². The Hall–Kier alpha value is -1.31. The lowest BCUT2D eigenvalue weighted by Crippen LogP contribution is -2.11. The Morgan fingerprint density at radius 1 is 0.864 bits per heavy atom. The van der Waals surface area contributed by atoms with E-state index in [1.807, 2.05) is 30.3 Å². The smallest absolute Gasteiger partial charge is 0.310 e. The summed E-state index contributed by atoms with van der Waals surface area (Å²) in [7, 11) is 0. The van der Waals surface area contributed by atoms with E-state index in [1.165, 1.54) is 51.4 Å². The van der Waals surface area contributed by atoms with Crippen molar-refractivity contribution in [1.82, 2.24) is 0 Å². The molecule has 0 aliphatic carbocycles. The Morgan fingerprint density at radius 3 is 1.86 bits per heavy atom. The highest BCUT2D eigenvalue weighted by atomic mass is 16.4. The summed E-state index contributed by atoms with van der Waals surface area (Å²) >= 11 is 0. The Morgan fingerprint density at radius 2 is 1.36 bits per heavy atom. The van der Waals surface area contributed by atoms with Gasteiger partial charge in [-0.3, -0.25) is 4.79 Å². The third-order valence-electron chi connectivity index (χ3n) is 4.35. The van der Waals surface area contributed by atoms with Crippen LogP contribution in [0.2, 0.25) is 0 Å². The average molecular weight is 304 g/mol. The van der Waals surface area contributed by atoms with Crippen molar-refractivity contribution in [3.8, 4) is 0 Å². The lowest BCUT2D eigenvalue weighted by atomic mass is 9.93. The number of benzene rings is 1. The Kier molecular flexibility index (Phi) is 10.4. The molecule has 0 bridgehead atoms. The zero-order valence-corrected chi connectivity index (χ0v) is 14.1. The molecule has 0 saturated heterocycles. The van der Waals surface area contributed by atoms with Crippen LogP contribution < -0.4 is 0 Å². The second-order valence-electron chi connectivity index (χ2n) is 6.27. The molecular weight excluding hydrogens is 272 g/mol. The van der Waals surface area contributed by atoms with Crippen LogP contribution in [0, 0.1) is 0 Å². The number of rotatable bonds is 13. The van der Waals surface area contributed by atoms with Gasteiger partial charge >= 0.3 is 5.97 Å². The van der Waals surface area contributed by atoms with E-state index < -0.39 is 5.97 Å². The van der Waals surface area contributed by atoms with Gasteiger partial charge in [0.25, 0.3) is 0 Å². The van der Waals surface area contributed by atoms with E-state index >= 15 is 0 Å². The van der Waals surface area contributed by atoms with Crippen LogP contribution in [0.4, 0.5) is 0 Å². The van der Waals surface area contributed by atoms with Gasteiger partial charge in [0.15, 0.2) is 0 Å². The monoisotopic (exact) mass is 304 g/mol. The minimum atomic E-state index is -0.692. The normalized spacial score (nSPS) is 12.2. The van der Waals surface area contributed by atoms with Crippen LogP contribution in [0.1, 0.15) is 89.0 Å². The van der Waals surface area contributed by atoms with Crippen LogP contribution in [0.25, 0.3) is 0 Å². The summed E-state index contributed by atoms with van der Waals surface area (Å²) in [6.07, 6.45) is 13.6. The fourth-order valence-electron chi connectivity index (χ4n) is 2.95. The molecule has 1 N–H and O–H groups in total. The fourth-order valence-corrected chi connectivity index (χ4v) is 2.95. The van der Waals surface area contributed by atoms with Crippen LogP contribution in [-0.4, -0.2) is 11.1 Å². The molecule has 124 valence electrons. The lowest BCUT2D eigenvalue weighted by molar-refractivity contribution is -0.139. The summed E-state index contributed by atoms with van der Waals surface area (Å²) in [6.45, 7) is 2.25. The van der Waals surface area contributed by atoms with Crippen molar-refractivity contribution in [2.24, 2.45) is 0 Å². The molecular formula is C20H32O2. The van der Waals surface area contributed by atoms with Gasteiger partial charge in [0, 0.05) is 0 Å². The highest BCUT2D eigenvalue weighted by Crippen LogP contribution is 2.23. The van der Waals surface area contributed by atoms with E-state index in [4.69, 9.17) is 0 Å². The van der Waals surface area contributed by atoms with E-state index in [1.54, 1.807) is 0 Å². The predicted molar refractivity (Wildman–Crippen MR) is 93.3 cm³/mol. The topological polar surface area (TPSA) is 37.3 Å². The molecule has 0 aromatic heterocycles. The Labute approximate surface area is 135 Å². The molecule has 1 atom stereocenters. The maximum absolute atomic E-state index is 11.4. The molecule has 0 aliphatic heterocycles. The zero-order chi connectivity index (χ0) is 16.0. The van der Waals surface area contributed by atoms with Gasteiger partial charge in [-0.05, 0) is 12.0 Å². The molecule has 0 spiro atoms. The number of carboxylic acid groups (broad SMARTS) is 1. The number of hydrogen-bond donors (Lipinski definition) is 1. The van der Waals surface area contributed by atoms with Gasteiger partial charge < -0.3 is 5.11 Å². The quantitative estimate of drug-likeness (QED) is 0.443. The van der Waals surface area contributed by atoms with Crippen molar-refractivity contribution in [3.05, 3.63) is 35.9 Å². The number of carboxylic acids is 1. The van der Waals surface area contributed by atoms with E-state index in [2.05, 4.69) is 6.92 Å². The van der Waals surface area contributed by atoms with Crippen LogP contribution in [0.5, 0.6) is 0 Å². The first-order valence-electron chi connectivity index (χ1n) is 9.03. The minimum Gasteiger partial charge on any atom is -0.481 e. The largest absolute Gasteiger partial charge is 0.481 e. The zero-order valence-electron chi connectivity index (χ0n) is 14.1. The van der Waals surface area contributed by atoms with Crippen molar-refractivity contribution >= 4 is 5.97 Å². The predicted octanol–water partition coefficient (Wildman–Crippen LogP) is 6.17. The second-order valence-corrected chi connectivity index (χ2v) is 6.27. The van der Waals surface area contributed by atoms with E-state index in [0.717, 1.165) is 24.8 Å². The van der Waals surface area contributed by atoms with E-state index in [9.17, 15) is 9.90 Å². The Bertz CT molecular complexity index is 386. The Balaban J connectivity index is 2.08. The highest BCUT2D eigenvalue weighted by molar-refractivity contribution is 5.75. The van der Waals surface area contributed by atoms with E-state index in [0.29, 0.717) is 0 Å². The number of carbonyl (C=O) groups is 1. The molecule has 1 aromatic rings. The number of unbranched alkanes of at least 4 members (excludes halogenated alkanes) is 9. The first-order chi connectivity index (χ1) is 10.8. The third kappa shape index (κ3) is 8.21.